The Balaban J connectivity index is 0.00000196. The number of aromatic nitrogens is 1. The quantitative estimate of drug-likeness (QED) is 0.620. The molecule has 7 heteroatoms. The first-order valence-corrected chi connectivity index (χ1v) is 8.96. The summed E-state index contributed by atoms with van der Waals surface area (Å²) in [7, 11) is 1.67. The first-order chi connectivity index (χ1) is 12.2. The van der Waals surface area contributed by atoms with Gasteiger partial charge in [-0.3, -0.25) is 0 Å². The zero-order valence-electron chi connectivity index (χ0n) is 14.8. The van der Waals surface area contributed by atoms with Crippen molar-refractivity contribution >= 4 is 34.6 Å². The lowest BCUT2D eigenvalue weighted by Crippen LogP contribution is -2.17. The van der Waals surface area contributed by atoms with Crippen LogP contribution in [-0.2, 0) is 0 Å². The molecule has 1 unspecified atom stereocenters. The van der Waals surface area contributed by atoms with Crippen molar-refractivity contribution < 1.29 is 9.15 Å². The molecule has 26 heavy (non-hydrogen) atoms. The van der Waals surface area contributed by atoms with Gasteiger partial charge < -0.3 is 9.15 Å². The van der Waals surface area contributed by atoms with Gasteiger partial charge in [-0.1, -0.05) is 0 Å². The number of benzene rings is 1. The van der Waals surface area contributed by atoms with Crippen LogP contribution < -0.4 is 9.75 Å². The molecule has 1 aliphatic heterocycles. The normalized spacial score (nSPS) is 16.3. The summed E-state index contributed by atoms with van der Waals surface area (Å²) in [5.41, 5.74) is 3.16. The van der Waals surface area contributed by atoms with Gasteiger partial charge in [0, 0.05) is 11.3 Å². The minimum atomic E-state index is 0. The fourth-order valence-corrected chi connectivity index (χ4v) is 3.81. The van der Waals surface area contributed by atoms with Crippen LogP contribution in [0.5, 0.6) is 5.75 Å². The summed E-state index contributed by atoms with van der Waals surface area (Å²) in [6.45, 7) is 4.12. The highest BCUT2D eigenvalue weighted by molar-refractivity contribution is 7.15. The van der Waals surface area contributed by atoms with Gasteiger partial charge in [0.2, 0.25) is 5.13 Å². The maximum absolute atomic E-state index is 5.67. The third kappa shape index (κ3) is 3.34. The molecule has 0 radical (unpaired) electrons. The number of furan rings is 1. The lowest BCUT2D eigenvalue weighted by Gasteiger charge is -2.18. The summed E-state index contributed by atoms with van der Waals surface area (Å²) < 4.78 is 10.9. The third-order valence-corrected chi connectivity index (χ3v) is 5.48. The maximum atomic E-state index is 5.67. The van der Waals surface area contributed by atoms with Crippen LogP contribution in [0.25, 0.3) is 0 Å². The number of nitrogens with zero attached hydrogens (tertiary/aromatic N) is 3. The van der Waals surface area contributed by atoms with Crippen molar-refractivity contribution in [3.63, 3.8) is 0 Å². The van der Waals surface area contributed by atoms with Crippen molar-refractivity contribution in [3.05, 3.63) is 64.6 Å². The molecular formula is C19H20ClN3O2S. The Hall–Kier alpha value is -2.31. The Labute approximate surface area is 162 Å². The highest BCUT2D eigenvalue weighted by Crippen LogP contribution is 2.39. The monoisotopic (exact) mass is 389 g/mol. The van der Waals surface area contributed by atoms with Crippen LogP contribution in [0.2, 0.25) is 0 Å². The molecule has 0 N–H and O–H groups in total. The Bertz CT molecular complexity index is 884. The van der Waals surface area contributed by atoms with Gasteiger partial charge >= 0.3 is 0 Å². The molecule has 1 atom stereocenters. The second-order valence-corrected chi connectivity index (χ2v) is 7.17. The molecule has 0 bridgehead atoms. The van der Waals surface area contributed by atoms with E-state index in [1.807, 2.05) is 48.3 Å². The second-order valence-electron chi connectivity index (χ2n) is 5.99. The standard InChI is InChI=1S/C19H19N3O2S.ClH/c1-12-13(2)25-19(20-12)22-17(18-5-4-10-24-18)11-16(21-22)14-6-8-15(23-3)9-7-14;/h4-10,17H,11H2,1-3H3;1H. The number of rotatable bonds is 4. The Morgan fingerprint density at radius 2 is 1.96 bits per heavy atom. The number of hydrogen-bond acceptors (Lipinski definition) is 6. The van der Waals surface area contributed by atoms with Gasteiger partial charge in [0.25, 0.3) is 0 Å². The molecule has 0 saturated heterocycles. The van der Waals surface area contributed by atoms with E-state index >= 15 is 0 Å². The summed E-state index contributed by atoms with van der Waals surface area (Å²) in [5, 5.41) is 7.76. The van der Waals surface area contributed by atoms with Crippen molar-refractivity contribution in [3.8, 4) is 5.75 Å². The van der Waals surface area contributed by atoms with Crippen LogP contribution in [0.4, 0.5) is 5.13 Å². The number of anilines is 1. The van der Waals surface area contributed by atoms with E-state index in [9.17, 15) is 0 Å². The minimum Gasteiger partial charge on any atom is -0.497 e. The molecule has 4 rings (SSSR count). The van der Waals surface area contributed by atoms with Crippen molar-refractivity contribution in [1.82, 2.24) is 4.98 Å². The van der Waals surface area contributed by atoms with E-state index < -0.39 is 0 Å². The molecular weight excluding hydrogens is 370 g/mol. The zero-order valence-corrected chi connectivity index (χ0v) is 16.4. The third-order valence-electron chi connectivity index (χ3n) is 4.42. The molecule has 136 valence electrons. The molecule has 0 saturated carbocycles. The van der Waals surface area contributed by atoms with Crippen LogP contribution in [0.1, 0.15) is 34.4 Å². The smallest absolute Gasteiger partial charge is 0.207 e. The van der Waals surface area contributed by atoms with Crippen LogP contribution in [0.15, 0.2) is 52.2 Å². The average Bonchev–Trinajstić information content (AvgIpc) is 3.35. The number of thiazole rings is 1. The highest BCUT2D eigenvalue weighted by atomic mass is 35.5. The number of methoxy groups -OCH3 is 1. The minimum absolute atomic E-state index is 0. The lowest BCUT2D eigenvalue weighted by atomic mass is 10.0. The number of hydrogen-bond donors (Lipinski definition) is 0. The molecule has 1 aromatic carbocycles. The van der Waals surface area contributed by atoms with Gasteiger partial charge in [0.1, 0.15) is 17.6 Å². The van der Waals surface area contributed by atoms with E-state index in [2.05, 4.69) is 11.9 Å². The van der Waals surface area contributed by atoms with Crippen molar-refractivity contribution in [1.29, 1.82) is 0 Å². The van der Waals surface area contributed by atoms with Crippen LogP contribution in [0, 0.1) is 13.8 Å². The Morgan fingerprint density at radius 3 is 2.54 bits per heavy atom. The molecule has 0 amide bonds. The van der Waals surface area contributed by atoms with E-state index in [-0.39, 0.29) is 18.4 Å². The highest BCUT2D eigenvalue weighted by Gasteiger charge is 2.33. The van der Waals surface area contributed by atoms with E-state index in [4.69, 9.17) is 14.3 Å². The second kappa shape index (κ2) is 7.51. The van der Waals surface area contributed by atoms with Crippen molar-refractivity contribution in [2.75, 3.05) is 12.1 Å². The molecule has 3 heterocycles. The molecule has 0 aliphatic carbocycles. The average molecular weight is 390 g/mol. The van der Waals surface area contributed by atoms with Crippen molar-refractivity contribution in [2.24, 2.45) is 5.10 Å². The summed E-state index contributed by atoms with van der Waals surface area (Å²) in [6.07, 6.45) is 2.48. The maximum Gasteiger partial charge on any atom is 0.207 e. The van der Waals surface area contributed by atoms with Crippen LogP contribution >= 0.6 is 23.7 Å². The molecule has 0 spiro atoms. The fourth-order valence-electron chi connectivity index (χ4n) is 2.90. The van der Waals surface area contributed by atoms with E-state index in [1.54, 1.807) is 24.7 Å². The lowest BCUT2D eigenvalue weighted by molar-refractivity contribution is 0.415. The summed E-state index contributed by atoms with van der Waals surface area (Å²) in [6, 6.07) is 11.9. The first-order valence-electron chi connectivity index (χ1n) is 8.14. The van der Waals surface area contributed by atoms with Gasteiger partial charge in [0.05, 0.1) is 24.8 Å². The molecule has 5 nitrogen and oxygen atoms in total. The summed E-state index contributed by atoms with van der Waals surface area (Å²) in [5.74, 6) is 1.74. The molecule has 1 aliphatic rings. The van der Waals surface area contributed by atoms with Crippen LogP contribution in [-0.4, -0.2) is 17.8 Å². The number of hydrazone groups is 1. The van der Waals surface area contributed by atoms with E-state index in [0.717, 1.165) is 40.0 Å². The predicted octanol–water partition coefficient (Wildman–Crippen LogP) is 5.14. The van der Waals surface area contributed by atoms with Gasteiger partial charge in [-0.2, -0.15) is 5.10 Å². The van der Waals surface area contributed by atoms with Gasteiger partial charge in [0.15, 0.2) is 0 Å². The zero-order chi connectivity index (χ0) is 17.4. The number of ether oxygens (including phenoxy) is 1. The SMILES string of the molecule is COc1ccc(C2=NN(c3nc(C)c(C)s3)C(c3ccco3)C2)cc1.Cl. The first kappa shape index (κ1) is 18.5. The number of halogens is 1. The summed E-state index contributed by atoms with van der Waals surface area (Å²) >= 11 is 1.66. The largest absolute Gasteiger partial charge is 0.497 e. The number of aryl methyl sites for hydroxylation is 2. The van der Waals surface area contributed by atoms with Crippen molar-refractivity contribution in [2.45, 2.75) is 26.3 Å². The van der Waals surface area contributed by atoms with Gasteiger partial charge in [-0.15, -0.1) is 23.7 Å². The van der Waals surface area contributed by atoms with E-state index in [0.29, 0.717) is 0 Å². The summed E-state index contributed by atoms with van der Waals surface area (Å²) in [4.78, 5) is 5.89. The molecule has 2 aromatic heterocycles. The topological polar surface area (TPSA) is 50.9 Å². The predicted molar refractivity (Wildman–Crippen MR) is 107 cm³/mol. The molecule has 0 fully saturated rings. The Kier molecular flexibility index (Phi) is 5.34. The van der Waals surface area contributed by atoms with Crippen LogP contribution in [0.3, 0.4) is 0 Å². The van der Waals surface area contributed by atoms with Gasteiger partial charge in [-0.25, -0.2) is 9.99 Å². The Morgan fingerprint density at radius 1 is 1.19 bits per heavy atom. The van der Waals surface area contributed by atoms with Gasteiger partial charge in [-0.05, 0) is 55.8 Å². The van der Waals surface area contributed by atoms with E-state index in [1.165, 1.54) is 4.88 Å². The fraction of sp³-hybridized carbons (Fsp3) is 0.263. The molecule has 3 aromatic rings.